The number of ketones is 1. The van der Waals surface area contributed by atoms with Crippen LogP contribution in [0.4, 0.5) is 0 Å². The van der Waals surface area contributed by atoms with Crippen molar-refractivity contribution in [1.82, 2.24) is 0 Å². The molecule has 0 radical (unpaired) electrons. The molecule has 94 valence electrons. The maximum atomic E-state index is 11.8. The summed E-state index contributed by atoms with van der Waals surface area (Å²) in [7, 11) is 0. The molecule has 0 saturated heterocycles. The Hall–Kier alpha value is -2.40. The summed E-state index contributed by atoms with van der Waals surface area (Å²) in [5, 5.41) is 0. The number of rotatable bonds is 4. The van der Waals surface area contributed by atoms with E-state index in [4.69, 9.17) is 6.57 Å². The first-order valence-corrected chi connectivity index (χ1v) is 6.24. The number of benzene rings is 2. The van der Waals surface area contributed by atoms with E-state index in [1.807, 2.05) is 60.7 Å². The highest BCUT2D eigenvalue weighted by Gasteiger charge is 2.36. The molecule has 2 heteroatoms. The highest BCUT2D eigenvalue weighted by molar-refractivity contribution is 5.85. The van der Waals surface area contributed by atoms with E-state index in [0.29, 0.717) is 0 Å². The number of Topliss-reactive ketones (excluding diaryl/α,β-unsaturated/α-hetero) is 1. The zero-order valence-electron chi connectivity index (χ0n) is 10.9. The standard InChI is InChI=1S/C17H16NO/c1-13(19)17(18-2)16(14-9-5-3-6-10-14)15-11-7-4-8-12-15/h2-12,16-17H,1H3/q+1. The van der Waals surface area contributed by atoms with Crippen LogP contribution in [0.3, 0.4) is 0 Å². The van der Waals surface area contributed by atoms with Crippen LogP contribution in [0.2, 0.25) is 0 Å². The molecule has 2 aromatic carbocycles. The lowest BCUT2D eigenvalue weighted by Crippen LogP contribution is -2.24. The Morgan fingerprint density at radius 3 is 1.68 bits per heavy atom. The van der Waals surface area contributed by atoms with E-state index >= 15 is 0 Å². The van der Waals surface area contributed by atoms with Crippen molar-refractivity contribution >= 4 is 5.78 Å². The van der Waals surface area contributed by atoms with Crippen LogP contribution < -0.4 is 0 Å². The van der Waals surface area contributed by atoms with E-state index in [1.165, 1.54) is 6.92 Å². The Bertz CT molecular complexity index is 544. The third-order valence-electron chi connectivity index (χ3n) is 3.21. The van der Waals surface area contributed by atoms with E-state index < -0.39 is 6.04 Å². The van der Waals surface area contributed by atoms with Crippen molar-refractivity contribution < 1.29 is 4.79 Å². The summed E-state index contributed by atoms with van der Waals surface area (Å²) in [6.45, 7) is 6.98. The van der Waals surface area contributed by atoms with Crippen molar-refractivity contribution in [1.29, 1.82) is 0 Å². The molecule has 0 amide bonds. The van der Waals surface area contributed by atoms with Crippen molar-refractivity contribution in [3.8, 4) is 6.57 Å². The first kappa shape index (κ1) is 13.0. The van der Waals surface area contributed by atoms with Gasteiger partial charge >= 0.3 is 6.04 Å². The molecule has 0 N–H and O–H groups in total. The predicted octanol–water partition coefficient (Wildman–Crippen LogP) is 3.74. The fourth-order valence-electron chi connectivity index (χ4n) is 2.30. The van der Waals surface area contributed by atoms with Gasteiger partial charge in [0.15, 0.2) is 0 Å². The van der Waals surface area contributed by atoms with Gasteiger partial charge in [-0.15, -0.1) is 0 Å². The summed E-state index contributed by atoms with van der Waals surface area (Å²) in [4.78, 5) is 15.6. The van der Waals surface area contributed by atoms with Gasteiger partial charge in [-0.1, -0.05) is 65.5 Å². The lowest BCUT2D eigenvalue weighted by molar-refractivity contribution is -0.117. The number of carbonyl (C=O) groups excluding carboxylic acids is 1. The highest BCUT2D eigenvalue weighted by Crippen LogP contribution is 2.30. The number of nitrogens with zero attached hydrogens (tertiary/aromatic N) is 1. The van der Waals surface area contributed by atoms with E-state index in [9.17, 15) is 4.79 Å². The lowest BCUT2D eigenvalue weighted by Gasteiger charge is -2.16. The molecule has 2 aromatic rings. The fourth-order valence-corrected chi connectivity index (χ4v) is 2.30. The van der Waals surface area contributed by atoms with Crippen LogP contribution in [-0.4, -0.2) is 11.8 Å². The molecule has 1 atom stereocenters. The van der Waals surface area contributed by atoms with Gasteiger partial charge < -0.3 is 0 Å². The van der Waals surface area contributed by atoms with Crippen molar-refractivity contribution in [2.75, 3.05) is 0 Å². The second-order valence-electron chi connectivity index (χ2n) is 4.50. The van der Waals surface area contributed by atoms with Gasteiger partial charge in [0.2, 0.25) is 5.78 Å². The number of hydrogen-bond acceptors (Lipinski definition) is 1. The molecule has 0 bridgehead atoms. The second kappa shape index (κ2) is 5.97. The van der Waals surface area contributed by atoms with E-state index in [-0.39, 0.29) is 11.7 Å². The lowest BCUT2D eigenvalue weighted by atomic mass is 9.84. The van der Waals surface area contributed by atoms with Gasteiger partial charge in [0.25, 0.3) is 6.57 Å². The monoisotopic (exact) mass is 250 g/mol. The Labute approximate surface area is 113 Å². The van der Waals surface area contributed by atoms with Crippen LogP contribution in [0.1, 0.15) is 24.0 Å². The quantitative estimate of drug-likeness (QED) is 0.810. The van der Waals surface area contributed by atoms with Crippen LogP contribution in [0.15, 0.2) is 60.7 Å². The molecule has 2 rings (SSSR count). The molecule has 0 fully saturated rings. The molecule has 0 saturated carbocycles. The minimum absolute atomic E-state index is 0.0276. The molecular formula is C17H16NO+. The third-order valence-corrected chi connectivity index (χ3v) is 3.21. The van der Waals surface area contributed by atoms with Gasteiger partial charge in [0.1, 0.15) is 0 Å². The Morgan fingerprint density at radius 1 is 0.947 bits per heavy atom. The first-order valence-electron chi connectivity index (χ1n) is 6.24. The van der Waals surface area contributed by atoms with E-state index in [2.05, 4.69) is 4.85 Å². The Morgan fingerprint density at radius 2 is 1.37 bits per heavy atom. The normalized spacial score (nSPS) is 11.8. The van der Waals surface area contributed by atoms with E-state index in [1.54, 1.807) is 0 Å². The van der Waals surface area contributed by atoms with Crippen molar-refractivity contribution in [3.63, 3.8) is 0 Å². The van der Waals surface area contributed by atoms with Gasteiger partial charge in [0, 0.05) is 6.92 Å². The van der Waals surface area contributed by atoms with Crippen LogP contribution >= 0.6 is 0 Å². The van der Waals surface area contributed by atoms with Crippen LogP contribution in [-0.2, 0) is 4.79 Å². The van der Waals surface area contributed by atoms with Gasteiger partial charge in [0.05, 0.1) is 5.92 Å². The zero-order valence-corrected chi connectivity index (χ0v) is 10.9. The van der Waals surface area contributed by atoms with Crippen LogP contribution in [0, 0.1) is 6.57 Å². The van der Waals surface area contributed by atoms with Gasteiger partial charge in [-0.2, -0.15) is 0 Å². The summed E-state index contributed by atoms with van der Waals surface area (Å²) in [5.41, 5.74) is 2.09. The van der Waals surface area contributed by atoms with Gasteiger partial charge in [-0.3, -0.25) is 4.79 Å². The molecule has 1 unspecified atom stereocenters. The second-order valence-corrected chi connectivity index (χ2v) is 4.50. The SMILES string of the molecule is C#[N+]C(C(C)=O)C(c1ccccc1)c1ccccc1. The molecular weight excluding hydrogens is 234 g/mol. The third kappa shape index (κ3) is 2.89. The van der Waals surface area contributed by atoms with Gasteiger partial charge in [-0.05, 0) is 11.1 Å². The van der Waals surface area contributed by atoms with E-state index in [0.717, 1.165) is 11.1 Å². The Balaban J connectivity index is 2.52. The maximum absolute atomic E-state index is 11.8. The summed E-state index contributed by atoms with van der Waals surface area (Å²) in [6, 6.07) is 19.2. The summed E-state index contributed by atoms with van der Waals surface area (Å²) >= 11 is 0. The molecule has 19 heavy (non-hydrogen) atoms. The van der Waals surface area contributed by atoms with Gasteiger partial charge in [-0.25, -0.2) is 0 Å². The summed E-state index contributed by atoms with van der Waals surface area (Å²) < 4.78 is 0. The molecule has 2 nitrogen and oxygen atoms in total. The molecule has 0 heterocycles. The smallest absolute Gasteiger partial charge is 0.291 e. The van der Waals surface area contributed by atoms with Crippen LogP contribution in [0.5, 0.6) is 0 Å². The van der Waals surface area contributed by atoms with Crippen molar-refractivity contribution in [3.05, 3.63) is 76.6 Å². The molecule has 0 spiro atoms. The molecule has 0 aliphatic carbocycles. The molecule has 0 aliphatic rings. The largest absolute Gasteiger partial charge is 0.339 e. The average Bonchev–Trinajstić information content (AvgIpc) is 2.46. The summed E-state index contributed by atoms with van der Waals surface area (Å²) in [6.07, 6.45) is 0. The van der Waals surface area contributed by atoms with Crippen molar-refractivity contribution in [2.45, 2.75) is 18.9 Å². The Kier molecular flexibility index (Phi) is 4.10. The maximum Gasteiger partial charge on any atom is 0.339 e. The predicted molar refractivity (Wildman–Crippen MR) is 77.5 cm³/mol. The molecule has 0 aromatic heterocycles. The molecule has 0 aliphatic heterocycles. The average molecular weight is 250 g/mol. The zero-order chi connectivity index (χ0) is 13.7. The van der Waals surface area contributed by atoms with Crippen LogP contribution in [0.25, 0.3) is 4.85 Å². The minimum atomic E-state index is -0.551. The minimum Gasteiger partial charge on any atom is -0.291 e. The fraction of sp³-hybridized carbons (Fsp3) is 0.176. The number of hydrogen-bond donors (Lipinski definition) is 0. The summed E-state index contributed by atoms with van der Waals surface area (Å²) in [5.74, 6) is -0.162. The first-order chi connectivity index (χ1) is 9.24. The topological polar surface area (TPSA) is 21.4 Å². The highest BCUT2D eigenvalue weighted by atomic mass is 16.1. The van der Waals surface area contributed by atoms with Crippen molar-refractivity contribution in [2.24, 2.45) is 0 Å². The number of carbonyl (C=O) groups is 1.